The lowest BCUT2D eigenvalue weighted by molar-refractivity contribution is -0.220. The van der Waals surface area contributed by atoms with Crippen LogP contribution in [-0.2, 0) is 27.9 Å². The summed E-state index contributed by atoms with van der Waals surface area (Å²) in [5.74, 6) is -0.496. The first-order valence-electron chi connectivity index (χ1n) is 21.6. The standard InChI is InChI=1S/C44H77O12P/c1-3-5-7-9-11-13-15-17-18-19-20-21-22-24-26-28-30-32-34-53-35-37(55-38(45)33-31-29-27-25-23-16-14-12-10-8-6-4-2)36-54-57(51,52)56-44-42(49)40(47)39(46)41(48)43(44)50/h5,7,11,13,17-18,20-21,24,26,37,39-44,46-50H,3-4,6,8-10,12,14-16,19,22-23,25,27-36H2,1-2H3,(H,51,52)/b7-5-,13-11-,18-17-,21-20-,26-24-. The molecule has 12 nitrogen and oxygen atoms in total. The van der Waals surface area contributed by atoms with Crippen LogP contribution in [0.25, 0.3) is 0 Å². The first-order valence-corrected chi connectivity index (χ1v) is 23.1. The summed E-state index contributed by atoms with van der Waals surface area (Å²) in [5.41, 5.74) is 0. The Morgan fingerprint density at radius 2 is 1.04 bits per heavy atom. The van der Waals surface area contributed by atoms with Crippen molar-refractivity contribution in [1.82, 2.24) is 0 Å². The molecule has 1 aliphatic rings. The van der Waals surface area contributed by atoms with E-state index in [0.29, 0.717) is 13.0 Å². The highest BCUT2D eigenvalue weighted by Gasteiger charge is 2.51. The SMILES string of the molecule is CC/C=C\C/C=C\C/C=C\C/C=C\C/C=C\CCCCOCC(COP(=O)(O)OC1C(O)C(O)C(O)C(O)C1O)OC(=O)CCCCCCCCCCCCCC. The maximum absolute atomic E-state index is 12.8. The number of unbranched alkanes of at least 4 members (excludes halogenated alkanes) is 13. The van der Waals surface area contributed by atoms with Gasteiger partial charge in [0.05, 0.1) is 13.2 Å². The van der Waals surface area contributed by atoms with Gasteiger partial charge in [-0.1, -0.05) is 145 Å². The van der Waals surface area contributed by atoms with E-state index in [1.165, 1.54) is 51.4 Å². The van der Waals surface area contributed by atoms with E-state index < -0.39 is 63.1 Å². The van der Waals surface area contributed by atoms with Crippen LogP contribution in [0.15, 0.2) is 60.8 Å². The number of aliphatic hydroxyl groups excluding tert-OH is 5. The summed E-state index contributed by atoms with van der Waals surface area (Å²) in [5, 5.41) is 50.1. The molecule has 0 bridgehead atoms. The Bertz CT molecular complexity index is 1170. The number of phosphoric acid groups is 1. The topological polar surface area (TPSA) is 192 Å². The number of esters is 1. The van der Waals surface area contributed by atoms with Gasteiger partial charge in [0, 0.05) is 13.0 Å². The Labute approximate surface area is 343 Å². The van der Waals surface area contributed by atoms with Crippen LogP contribution in [0.3, 0.4) is 0 Å². The average molecular weight is 829 g/mol. The smallest absolute Gasteiger partial charge is 0.457 e. The molecule has 1 rings (SSSR count). The molecule has 0 aromatic rings. The van der Waals surface area contributed by atoms with Crippen LogP contribution in [0, 0.1) is 0 Å². The zero-order valence-electron chi connectivity index (χ0n) is 34.9. The van der Waals surface area contributed by atoms with Gasteiger partial charge < -0.3 is 39.9 Å². The number of aliphatic hydroxyl groups is 5. The third-order valence-electron chi connectivity index (χ3n) is 9.65. The fourth-order valence-corrected chi connectivity index (χ4v) is 7.18. The van der Waals surface area contributed by atoms with Crippen molar-refractivity contribution < 1.29 is 58.3 Å². The molecule has 0 aromatic heterocycles. The van der Waals surface area contributed by atoms with E-state index in [2.05, 4.69) is 74.6 Å². The van der Waals surface area contributed by atoms with Crippen molar-refractivity contribution >= 4 is 13.8 Å². The van der Waals surface area contributed by atoms with Gasteiger partial charge >= 0.3 is 13.8 Å². The normalized spacial score (nSPS) is 23.4. The zero-order chi connectivity index (χ0) is 42.0. The minimum atomic E-state index is -5.03. The fourth-order valence-electron chi connectivity index (χ4n) is 6.20. The number of carbonyl (C=O) groups excluding carboxylic acids is 1. The van der Waals surface area contributed by atoms with Crippen LogP contribution in [0.4, 0.5) is 0 Å². The third kappa shape index (κ3) is 27.4. The molecule has 0 amide bonds. The molecule has 1 aliphatic carbocycles. The molecule has 6 N–H and O–H groups in total. The van der Waals surface area contributed by atoms with Gasteiger partial charge in [-0.3, -0.25) is 13.8 Å². The van der Waals surface area contributed by atoms with E-state index in [1.807, 2.05) is 0 Å². The van der Waals surface area contributed by atoms with Crippen LogP contribution in [0.1, 0.15) is 149 Å². The Morgan fingerprint density at radius 1 is 0.579 bits per heavy atom. The highest BCUT2D eigenvalue weighted by molar-refractivity contribution is 7.47. The average Bonchev–Trinajstić information content (AvgIpc) is 3.19. The number of rotatable bonds is 35. The summed E-state index contributed by atoms with van der Waals surface area (Å²) in [6, 6.07) is 0. The molecule has 0 saturated heterocycles. The van der Waals surface area contributed by atoms with E-state index in [0.717, 1.165) is 70.6 Å². The summed E-state index contributed by atoms with van der Waals surface area (Å²) in [4.78, 5) is 23.1. The van der Waals surface area contributed by atoms with Crippen molar-refractivity contribution in [1.29, 1.82) is 0 Å². The van der Waals surface area contributed by atoms with Crippen LogP contribution in [-0.4, -0.2) is 98.9 Å². The first-order chi connectivity index (χ1) is 27.5. The van der Waals surface area contributed by atoms with Crippen molar-refractivity contribution in [2.45, 2.75) is 191 Å². The lowest BCUT2D eigenvalue weighted by Gasteiger charge is -2.41. The van der Waals surface area contributed by atoms with Crippen molar-refractivity contribution in [2.75, 3.05) is 19.8 Å². The number of allylic oxidation sites excluding steroid dienone is 10. The van der Waals surface area contributed by atoms with Gasteiger partial charge in [0.15, 0.2) is 0 Å². The van der Waals surface area contributed by atoms with E-state index in [4.69, 9.17) is 18.5 Å². The van der Waals surface area contributed by atoms with Crippen LogP contribution >= 0.6 is 7.82 Å². The van der Waals surface area contributed by atoms with Crippen LogP contribution < -0.4 is 0 Å². The van der Waals surface area contributed by atoms with Crippen molar-refractivity contribution in [2.24, 2.45) is 0 Å². The Hall–Kier alpha value is -1.96. The maximum atomic E-state index is 12.8. The Morgan fingerprint density at radius 3 is 1.54 bits per heavy atom. The lowest BCUT2D eigenvalue weighted by atomic mass is 9.85. The summed E-state index contributed by atoms with van der Waals surface area (Å²) >= 11 is 0. The predicted octanol–water partition coefficient (Wildman–Crippen LogP) is 8.25. The van der Waals surface area contributed by atoms with Gasteiger partial charge in [0.2, 0.25) is 0 Å². The minimum absolute atomic E-state index is 0.107. The van der Waals surface area contributed by atoms with Gasteiger partial charge in [0.1, 0.15) is 42.7 Å². The molecular formula is C44H77O12P. The summed E-state index contributed by atoms with van der Waals surface area (Å²) in [7, 11) is -5.03. The highest BCUT2D eigenvalue weighted by Crippen LogP contribution is 2.47. The molecule has 0 aromatic carbocycles. The second-order valence-electron chi connectivity index (χ2n) is 14.8. The van der Waals surface area contributed by atoms with E-state index >= 15 is 0 Å². The summed E-state index contributed by atoms with van der Waals surface area (Å²) in [6.07, 6.45) is 30.1. The fraction of sp³-hybridized carbons (Fsp3) is 0.750. The number of hydrogen-bond acceptors (Lipinski definition) is 11. The summed E-state index contributed by atoms with van der Waals surface area (Å²) in [6.45, 7) is 4.02. The molecule has 0 aliphatic heterocycles. The monoisotopic (exact) mass is 829 g/mol. The van der Waals surface area contributed by atoms with Crippen LogP contribution in [0.2, 0.25) is 0 Å². The number of phosphoric ester groups is 1. The second-order valence-corrected chi connectivity index (χ2v) is 16.2. The third-order valence-corrected chi connectivity index (χ3v) is 10.6. The van der Waals surface area contributed by atoms with Gasteiger partial charge in [-0.05, 0) is 57.8 Å². The Balaban J connectivity index is 2.46. The van der Waals surface area contributed by atoms with Gasteiger partial charge in [0.25, 0.3) is 0 Å². The number of ether oxygens (including phenoxy) is 2. The molecular weight excluding hydrogens is 751 g/mol. The molecule has 13 heteroatoms. The molecule has 6 unspecified atom stereocenters. The van der Waals surface area contributed by atoms with Crippen molar-refractivity contribution in [3.8, 4) is 0 Å². The first kappa shape index (κ1) is 53.1. The van der Waals surface area contributed by atoms with E-state index in [-0.39, 0.29) is 13.0 Å². The van der Waals surface area contributed by atoms with E-state index in [1.54, 1.807) is 0 Å². The molecule has 0 spiro atoms. The molecule has 6 atom stereocenters. The molecule has 330 valence electrons. The Kier molecular flexibility index (Phi) is 32.4. The van der Waals surface area contributed by atoms with Gasteiger partial charge in [-0.15, -0.1) is 0 Å². The quantitative estimate of drug-likeness (QED) is 0.0155. The molecule has 0 heterocycles. The predicted molar refractivity (Wildman–Crippen MR) is 225 cm³/mol. The minimum Gasteiger partial charge on any atom is -0.457 e. The maximum Gasteiger partial charge on any atom is 0.472 e. The van der Waals surface area contributed by atoms with Crippen LogP contribution in [0.5, 0.6) is 0 Å². The molecule has 57 heavy (non-hydrogen) atoms. The van der Waals surface area contributed by atoms with E-state index in [9.17, 15) is 39.8 Å². The largest absolute Gasteiger partial charge is 0.472 e. The van der Waals surface area contributed by atoms with Gasteiger partial charge in [-0.2, -0.15) is 0 Å². The van der Waals surface area contributed by atoms with Crippen molar-refractivity contribution in [3.63, 3.8) is 0 Å². The molecule has 1 fully saturated rings. The molecule has 0 radical (unpaired) electrons. The molecule has 1 saturated carbocycles. The van der Waals surface area contributed by atoms with Crippen molar-refractivity contribution in [3.05, 3.63) is 60.8 Å². The summed E-state index contributed by atoms with van der Waals surface area (Å²) < 4.78 is 34.0. The number of hydrogen-bond donors (Lipinski definition) is 6. The number of carbonyl (C=O) groups is 1. The second kappa shape index (κ2) is 34.9. The zero-order valence-corrected chi connectivity index (χ0v) is 35.8. The van der Waals surface area contributed by atoms with Gasteiger partial charge in [-0.25, -0.2) is 4.57 Å². The highest BCUT2D eigenvalue weighted by atomic mass is 31.2. The lowest BCUT2D eigenvalue weighted by Crippen LogP contribution is -2.64.